The topological polar surface area (TPSA) is 48.0 Å². The molecule has 0 unspecified atom stereocenters. The number of esters is 1. The van der Waals surface area contributed by atoms with Crippen LogP contribution in [0.3, 0.4) is 0 Å². The third-order valence-corrected chi connectivity index (χ3v) is 4.55. The van der Waals surface area contributed by atoms with E-state index in [4.69, 9.17) is 25.8 Å². The number of halogens is 1. The summed E-state index contributed by atoms with van der Waals surface area (Å²) in [6.07, 6.45) is 1.69. The van der Waals surface area contributed by atoms with E-state index in [1.54, 1.807) is 0 Å². The molecule has 5 nitrogen and oxygen atoms in total. The van der Waals surface area contributed by atoms with Crippen molar-refractivity contribution in [1.82, 2.24) is 4.90 Å². The van der Waals surface area contributed by atoms with Crippen LogP contribution in [0, 0.1) is 5.92 Å². The van der Waals surface area contributed by atoms with Crippen LogP contribution in [-0.4, -0.2) is 43.8 Å². The lowest BCUT2D eigenvalue weighted by atomic mass is 9.96. The molecule has 1 saturated heterocycles. The molecular weight excluding hydrogens is 318 g/mol. The maximum absolute atomic E-state index is 11.8. The Hall–Kier alpha value is -1.46. The van der Waals surface area contributed by atoms with Gasteiger partial charge in [0, 0.05) is 6.54 Å². The van der Waals surface area contributed by atoms with Crippen molar-refractivity contribution >= 4 is 17.6 Å². The first-order valence-electron chi connectivity index (χ1n) is 8.14. The lowest BCUT2D eigenvalue weighted by molar-refractivity contribution is -0.149. The Morgan fingerprint density at radius 3 is 2.78 bits per heavy atom. The summed E-state index contributed by atoms with van der Waals surface area (Å²) >= 11 is 6.28. The largest absolute Gasteiger partial charge is 0.486 e. The molecule has 1 fully saturated rings. The van der Waals surface area contributed by atoms with Crippen LogP contribution < -0.4 is 9.47 Å². The Morgan fingerprint density at radius 1 is 1.30 bits per heavy atom. The quantitative estimate of drug-likeness (QED) is 0.789. The van der Waals surface area contributed by atoms with Crippen molar-refractivity contribution in [1.29, 1.82) is 0 Å². The second-order valence-electron chi connectivity index (χ2n) is 5.90. The van der Waals surface area contributed by atoms with E-state index < -0.39 is 0 Å². The summed E-state index contributed by atoms with van der Waals surface area (Å²) < 4.78 is 16.3. The van der Waals surface area contributed by atoms with Gasteiger partial charge in [-0.25, -0.2) is 0 Å². The third kappa shape index (κ3) is 3.90. The van der Waals surface area contributed by atoms with E-state index in [1.807, 2.05) is 19.1 Å². The van der Waals surface area contributed by atoms with Gasteiger partial charge < -0.3 is 14.2 Å². The van der Waals surface area contributed by atoms with Crippen molar-refractivity contribution < 1.29 is 19.0 Å². The predicted molar refractivity (Wildman–Crippen MR) is 87.1 cm³/mol. The van der Waals surface area contributed by atoms with Crippen molar-refractivity contribution in [3.8, 4) is 11.5 Å². The molecule has 6 heteroatoms. The van der Waals surface area contributed by atoms with Crippen LogP contribution in [0.25, 0.3) is 0 Å². The van der Waals surface area contributed by atoms with Gasteiger partial charge in [0.2, 0.25) is 0 Å². The van der Waals surface area contributed by atoms with E-state index >= 15 is 0 Å². The molecule has 23 heavy (non-hydrogen) atoms. The van der Waals surface area contributed by atoms with Crippen molar-refractivity contribution in [3.63, 3.8) is 0 Å². The van der Waals surface area contributed by atoms with Crippen LogP contribution >= 0.6 is 11.6 Å². The summed E-state index contributed by atoms with van der Waals surface area (Å²) in [5.41, 5.74) is 1.11. The van der Waals surface area contributed by atoms with Gasteiger partial charge in [0.15, 0.2) is 11.5 Å². The Bertz CT molecular complexity index is 570. The van der Waals surface area contributed by atoms with Crippen LogP contribution in [0.1, 0.15) is 25.3 Å². The highest BCUT2D eigenvalue weighted by atomic mass is 35.5. The highest BCUT2D eigenvalue weighted by molar-refractivity contribution is 6.32. The summed E-state index contributed by atoms with van der Waals surface area (Å²) in [5, 5.41) is 0.596. The van der Waals surface area contributed by atoms with Crippen LogP contribution in [0.2, 0.25) is 5.02 Å². The van der Waals surface area contributed by atoms with Crippen LogP contribution in [-0.2, 0) is 16.1 Å². The van der Waals surface area contributed by atoms with E-state index in [1.165, 1.54) is 0 Å². The van der Waals surface area contributed by atoms with Gasteiger partial charge in [-0.3, -0.25) is 9.69 Å². The Kier molecular flexibility index (Phi) is 5.28. The lowest BCUT2D eigenvalue weighted by Crippen LogP contribution is -2.36. The second kappa shape index (κ2) is 7.41. The molecule has 0 amide bonds. The molecule has 0 saturated carbocycles. The second-order valence-corrected chi connectivity index (χ2v) is 6.31. The number of hydrogen-bond donors (Lipinski definition) is 0. The minimum Gasteiger partial charge on any atom is -0.486 e. The summed E-state index contributed by atoms with van der Waals surface area (Å²) in [4.78, 5) is 14.1. The minimum absolute atomic E-state index is 0.0371. The highest BCUT2D eigenvalue weighted by Crippen LogP contribution is 2.38. The molecule has 0 N–H and O–H groups in total. The molecule has 1 aromatic rings. The maximum Gasteiger partial charge on any atom is 0.309 e. The first kappa shape index (κ1) is 16.4. The number of nitrogens with zero attached hydrogens (tertiary/aromatic N) is 1. The SMILES string of the molecule is CCOC(=O)C1CCN(Cc2cc(Cl)c3c(c2)OCCO3)CC1. The molecule has 0 aromatic heterocycles. The van der Waals surface area contributed by atoms with Crippen LogP contribution in [0.15, 0.2) is 12.1 Å². The summed E-state index contributed by atoms with van der Waals surface area (Å²) in [7, 11) is 0. The molecule has 2 aliphatic rings. The first-order valence-corrected chi connectivity index (χ1v) is 8.52. The smallest absolute Gasteiger partial charge is 0.309 e. The van der Waals surface area contributed by atoms with Crippen molar-refractivity contribution in [2.45, 2.75) is 26.3 Å². The number of carbonyl (C=O) groups is 1. The van der Waals surface area contributed by atoms with Gasteiger partial charge >= 0.3 is 5.97 Å². The maximum atomic E-state index is 11.8. The van der Waals surface area contributed by atoms with Crippen molar-refractivity contribution in [2.75, 3.05) is 32.9 Å². The fourth-order valence-electron chi connectivity index (χ4n) is 3.10. The molecule has 126 valence electrons. The molecular formula is C17H22ClNO4. The van der Waals surface area contributed by atoms with Gasteiger partial charge in [0.05, 0.1) is 17.5 Å². The molecule has 1 aromatic carbocycles. The number of carbonyl (C=O) groups excluding carboxylic acids is 1. The summed E-state index contributed by atoms with van der Waals surface area (Å²) in [6.45, 7) is 5.95. The number of fused-ring (bicyclic) bond motifs is 1. The number of benzene rings is 1. The fraction of sp³-hybridized carbons (Fsp3) is 0.588. The Balaban J connectivity index is 1.59. The zero-order chi connectivity index (χ0) is 16.2. The Labute approximate surface area is 141 Å². The van der Waals surface area contributed by atoms with Gasteiger partial charge in [-0.2, -0.15) is 0 Å². The number of rotatable bonds is 4. The van der Waals surface area contributed by atoms with E-state index in [-0.39, 0.29) is 11.9 Å². The average Bonchev–Trinajstić information content (AvgIpc) is 2.56. The molecule has 2 heterocycles. The van der Waals surface area contributed by atoms with Crippen molar-refractivity contribution in [2.24, 2.45) is 5.92 Å². The average molecular weight is 340 g/mol. The molecule has 0 bridgehead atoms. The third-order valence-electron chi connectivity index (χ3n) is 4.27. The number of likely N-dealkylation sites (tertiary alicyclic amines) is 1. The van der Waals surface area contributed by atoms with Crippen LogP contribution in [0.4, 0.5) is 0 Å². The normalized spacial score (nSPS) is 18.7. The monoisotopic (exact) mass is 339 g/mol. The molecule has 0 spiro atoms. The fourth-order valence-corrected chi connectivity index (χ4v) is 3.39. The van der Waals surface area contributed by atoms with Gasteiger partial charge in [0.25, 0.3) is 0 Å². The van der Waals surface area contributed by atoms with E-state index in [9.17, 15) is 4.79 Å². The highest BCUT2D eigenvalue weighted by Gasteiger charge is 2.26. The van der Waals surface area contributed by atoms with E-state index in [0.29, 0.717) is 30.6 Å². The van der Waals surface area contributed by atoms with E-state index in [2.05, 4.69) is 4.90 Å². The summed E-state index contributed by atoms with van der Waals surface area (Å²) in [5.74, 6) is 1.34. The Morgan fingerprint density at radius 2 is 2.04 bits per heavy atom. The zero-order valence-electron chi connectivity index (χ0n) is 13.3. The number of ether oxygens (including phenoxy) is 3. The van der Waals surface area contributed by atoms with Gasteiger partial charge in [0.1, 0.15) is 13.2 Å². The van der Waals surface area contributed by atoms with E-state index in [0.717, 1.165) is 43.8 Å². The molecule has 0 atom stereocenters. The standard InChI is InChI=1S/C17H22ClNO4/c1-2-21-17(20)13-3-5-19(6-4-13)11-12-9-14(18)16-15(10-12)22-7-8-23-16/h9-10,13H,2-8,11H2,1H3. The van der Waals surface area contributed by atoms with Gasteiger partial charge in [-0.1, -0.05) is 11.6 Å². The van der Waals surface area contributed by atoms with Gasteiger partial charge in [-0.15, -0.1) is 0 Å². The number of piperidine rings is 1. The first-order chi connectivity index (χ1) is 11.2. The molecule has 0 radical (unpaired) electrons. The number of hydrogen-bond acceptors (Lipinski definition) is 5. The minimum atomic E-state index is -0.0606. The zero-order valence-corrected chi connectivity index (χ0v) is 14.1. The van der Waals surface area contributed by atoms with Crippen LogP contribution in [0.5, 0.6) is 11.5 Å². The molecule has 2 aliphatic heterocycles. The van der Waals surface area contributed by atoms with Crippen molar-refractivity contribution in [3.05, 3.63) is 22.7 Å². The lowest BCUT2D eigenvalue weighted by Gasteiger charge is -2.31. The summed E-state index contributed by atoms with van der Waals surface area (Å²) in [6, 6.07) is 3.93. The molecule has 0 aliphatic carbocycles. The molecule has 3 rings (SSSR count). The predicted octanol–water partition coefficient (Wildman–Crippen LogP) is 2.89. The van der Waals surface area contributed by atoms with Gasteiger partial charge in [-0.05, 0) is 50.6 Å².